The smallest absolute Gasteiger partial charge is 0.224 e. The van der Waals surface area contributed by atoms with Crippen molar-refractivity contribution in [2.45, 2.75) is 32.6 Å². The Morgan fingerprint density at radius 1 is 1.48 bits per heavy atom. The van der Waals surface area contributed by atoms with Gasteiger partial charge in [-0.1, -0.05) is 11.6 Å². The van der Waals surface area contributed by atoms with Crippen LogP contribution < -0.4 is 10.2 Å². The van der Waals surface area contributed by atoms with Crippen LogP contribution in [0.15, 0.2) is 12.3 Å². The zero-order chi connectivity index (χ0) is 14.8. The zero-order valence-electron chi connectivity index (χ0n) is 12.4. The van der Waals surface area contributed by atoms with Crippen molar-refractivity contribution in [2.24, 2.45) is 11.8 Å². The van der Waals surface area contributed by atoms with Crippen molar-refractivity contribution in [2.75, 3.05) is 24.5 Å². The highest BCUT2D eigenvalue weighted by atomic mass is 35.5. The molecule has 1 unspecified atom stereocenters. The molecule has 2 fully saturated rings. The Hall–Kier alpha value is -1.29. The third kappa shape index (κ3) is 3.49. The second kappa shape index (κ2) is 6.22. The summed E-state index contributed by atoms with van der Waals surface area (Å²) in [6.07, 6.45) is 6.27. The van der Waals surface area contributed by atoms with Crippen LogP contribution in [0.5, 0.6) is 0 Å². The molecule has 2 heterocycles. The Morgan fingerprint density at radius 3 is 3.05 bits per heavy atom. The van der Waals surface area contributed by atoms with E-state index < -0.39 is 0 Å². The molecule has 3 rings (SSSR count). The number of carbonyl (C=O) groups excluding carboxylic acids is 1. The Labute approximate surface area is 130 Å². The first-order chi connectivity index (χ1) is 10.1. The molecule has 1 aliphatic heterocycles. The Bertz CT molecular complexity index is 530. The third-order valence-corrected chi connectivity index (χ3v) is 4.88. The second-order valence-electron chi connectivity index (χ2n) is 6.24. The number of rotatable bonds is 4. The maximum atomic E-state index is 12.3. The molecule has 1 saturated heterocycles. The van der Waals surface area contributed by atoms with Crippen molar-refractivity contribution in [1.82, 2.24) is 10.3 Å². The molecule has 0 bridgehead atoms. The molecule has 1 aromatic heterocycles. The van der Waals surface area contributed by atoms with Crippen LogP contribution in [0.4, 0.5) is 5.82 Å². The maximum Gasteiger partial charge on any atom is 0.224 e. The number of halogens is 1. The monoisotopic (exact) mass is 307 g/mol. The van der Waals surface area contributed by atoms with Crippen molar-refractivity contribution in [3.8, 4) is 0 Å². The molecule has 114 valence electrons. The summed E-state index contributed by atoms with van der Waals surface area (Å²) in [6, 6.07) is 1.91. The van der Waals surface area contributed by atoms with Crippen LogP contribution in [0.2, 0.25) is 5.02 Å². The molecule has 1 amide bonds. The van der Waals surface area contributed by atoms with Crippen LogP contribution in [0, 0.1) is 18.8 Å². The number of carbonyl (C=O) groups is 1. The number of pyridine rings is 1. The topological polar surface area (TPSA) is 45.2 Å². The number of nitrogens with one attached hydrogen (secondary N) is 1. The van der Waals surface area contributed by atoms with Gasteiger partial charge in [0.25, 0.3) is 0 Å². The minimum Gasteiger partial charge on any atom is -0.356 e. The number of piperidine rings is 1. The predicted octanol–water partition coefficient (Wildman–Crippen LogP) is 2.79. The van der Waals surface area contributed by atoms with Crippen LogP contribution in [0.3, 0.4) is 0 Å². The summed E-state index contributed by atoms with van der Waals surface area (Å²) in [4.78, 5) is 18.8. The van der Waals surface area contributed by atoms with E-state index in [1.165, 1.54) is 12.8 Å². The van der Waals surface area contributed by atoms with Crippen LogP contribution in [-0.2, 0) is 4.79 Å². The van der Waals surface area contributed by atoms with Gasteiger partial charge in [0.1, 0.15) is 5.82 Å². The second-order valence-corrected chi connectivity index (χ2v) is 6.62. The Balaban J connectivity index is 1.64. The zero-order valence-corrected chi connectivity index (χ0v) is 13.2. The molecule has 0 aromatic carbocycles. The molecule has 0 radical (unpaired) electrons. The van der Waals surface area contributed by atoms with E-state index in [2.05, 4.69) is 15.2 Å². The van der Waals surface area contributed by atoms with Crippen LogP contribution in [0.25, 0.3) is 0 Å². The largest absolute Gasteiger partial charge is 0.356 e. The van der Waals surface area contributed by atoms with Crippen molar-refractivity contribution in [1.29, 1.82) is 0 Å². The molecule has 1 N–H and O–H groups in total. The van der Waals surface area contributed by atoms with Gasteiger partial charge in [0.2, 0.25) is 5.91 Å². The van der Waals surface area contributed by atoms with Gasteiger partial charge in [-0.2, -0.15) is 0 Å². The SMILES string of the molecule is Cc1ccnc(N2CCCC(C(=O)NCC3CC3)C2)c1Cl. The van der Waals surface area contributed by atoms with Crippen molar-refractivity contribution in [3.63, 3.8) is 0 Å². The lowest BCUT2D eigenvalue weighted by atomic mass is 9.97. The van der Waals surface area contributed by atoms with E-state index in [1.807, 2.05) is 13.0 Å². The molecule has 1 aromatic rings. The highest BCUT2D eigenvalue weighted by Crippen LogP contribution is 2.30. The quantitative estimate of drug-likeness (QED) is 0.930. The normalized spacial score (nSPS) is 22.2. The standard InChI is InChI=1S/C16H22ClN3O/c1-11-6-7-18-15(14(11)17)20-8-2-3-13(10-20)16(21)19-9-12-4-5-12/h6-7,12-13H,2-5,8-10H2,1H3,(H,19,21). The van der Waals surface area contributed by atoms with Gasteiger partial charge in [-0.05, 0) is 50.2 Å². The molecule has 21 heavy (non-hydrogen) atoms. The van der Waals surface area contributed by atoms with Crippen LogP contribution in [0.1, 0.15) is 31.2 Å². The summed E-state index contributed by atoms with van der Waals surface area (Å²) in [5.41, 5.74) is 1.03. The van der Waals surface area contributed by atoms with E-state index in [0.717, 1.165) is 43.2 Å². The highest BCUT2D eigenvalue weighted by molar-refractivity contribution is 6.33. The summed E-state index contributed by atoms with van der Waals surface area (Å²) < 4.78 is 0. The minimum atomic E-state index is 0.0517. The number of aryl methyl sites for hydroxylation is 1. The van der Waals surface area contributed by atoms with Gasteiger partial charge in [0, 0.05) is 25.8 Å². The van der Waals surface area contributed by atoms with Gasteiger partial charge < -0.3 is 10.2 Å². The maximum absolute atomic E-state index is 12.3. The van der Waals surface area contributed by atoms with Gasteiger partial charge in [0.15, 0.2) is 0 Å². The number of nitrogens with zero attached hydrogens (tertiary/aromatic N) is 2. The molecule has 1 saturated carbocycles. The highest BCUT2D eigenvalue weighted by Gasteiger charge is 2.29. The molecule has 5 heteroatoms. The van der Waals surface area contributed by atoms with Crippen LogP contribution >= 0.6 is 11.6 Å². The van der Waals surface area contributed by atoms with Gasteiger partial charge >= 0.3 is 0 Å². The van der Waals surface area contributed by atoms with E-state index in [-0.39, 0.29) is 11.8 Å². The van der Waals surface area contributed by atoms with E-state index >= 15 is 0 Å². The number of aromatic nitrogens is 1. The third-order valence-electron chi connectivity index (χ3n) is 4.42. The fraction of sp³-hybridized carbons (Fsp3) is 0.625. The first-order valence-electron chi connectivity index (χ1n) is 7.79. The van der Waals surface area contributed by atoms with E-state index in [1.54, 1.807) is 6.20 Å². The number of amides is 1. The fourth-order valence-electron chi connectivity index (χ4n) is 2.84. The van der Waals surface area contributed by atoms with Crippen molar-refractivity contribution < 1.29 is 4.79 Å². The van der Waals surface area contributed by atoms with E-state index in [9.17, 15) is 4.79 Å². The average molecular weight is 308 g/mol. The Morgan fingerprint density at radius 2 is 2.29 bits per heavy atom. The lowest BCUT2D eigenvalue weighted by molar-refractivity contribution is -0.125. The summed E-state index contributed by atoms with van der Waals surface area (Å²) in [7, 11) is 0. The number of anilines is 1. The average Bonchev–Trinajstić information content (AvgIpc) is 3.32. The van der Waals surface area contributed by atoms with Crippen molar-refractivity contribution in [3.05, 3.63) is 22.8 Å². The van der Waals surface area contributed by atoms with E-state index in [0.29, 0.717) is 11.6 Å². The lowest BCUT2D eigenvalue weighted by Gasteiger charge is -2.33. The van der Waals surface area contributed by atoms with Gasteiger partial charge in [-0.25, -0.2) is 4.98 Å². The van der Waals surface area contributed by atoms with E-state index in [4.69, 9.17) is 11.6 Å². The number of hydrogen-bond donors (Lipinski definition) is 1. The molecule has 4 nitrogen and oxygen atoms in total. The fourth-order valence-corrected chi connectivity index (χ4v) is 3.07. The molecule has 2 aliphatic rings. The predicted molar refractivity (Wildman–Crippen MR) is 84.7 cm³/mol. The molecular formula is C16H22ClN3O. The summed E-state index contributed by atoms with van der Waals surface area (Å²) >= 11 is 6.36. The Kier molecular flexibility index (Phi) is 4.34. The summed E-state index contributed by atoms with van der Waals surface area (Å²) in [5, 5.41) is 3.80. The summed E-state index contributed by atoms with van der Waals surface area (Å²) in [6.45, 7) is 4.46. The number of hydrogen-bond acceptors (Lipinski definition) is 3. The van der Waals surface area contributed by atoms with Gasteiger partial charge in [0.05, 0.1) is 10.9 Å². The molecular weight excluding hydrogens is 286 g/mol. The first-order valence-corrected chi connectivity index (χ1v) is 8.16. The minimum absolute atomic E-state index is 0.0517. The molecule has 1 aliphatic carbocycles. The van der Waals surface area contributed by atoms with Crippen LogP contribution in [-0.4, -0.2) is 30.5 Å². The van der Waals surface area contributed by atoms with Gasteiger partial charge in [-0.3, -0.25) is 4.79 Å². The molecule has 1 atom stereocenters. The van der Waals surface area contributed by atoms with Gasteiger partial charge in [-0.15, -0.1) is 0 Å². The first kappa shape index (κ1) is 14.6. The molecule has 0 spiro atoms. The lowest BCUT2D eigenvalue weighted by Crippen LogP contribution is -2.44. The summed E-state index contributed by atoms with van der Waals surface area (Å²) in [5.74, 6) is 1.78. The van der Waals surface area contributed by atoms with Crippen molar-refractivity contribution >= 4 is 23.3 Å².